The number of nitrogens with one attached hydrogen (secondary N) is 2. The number of pyridine rings is 1. The standard InChI is InChI=1S/C21H22FN5O4/c1-29-17-10-15(19(28)27-31-3)9-14(18(17)22)7-6-13-11-24-21(25-12-13)26-16-5-4-8-23-20(16)30-2/h4-5,8-12H,6-7H2,1-3H3,(H,27,28)(H,24,25,26). The minimum atomic E-state index is -0.514. The molecular formula is C21H22FN5O4. The molecule has 31 heavy (non-hydrogen) atoms. The van der Waals surface area contributed by atoms with Crippen LogP contribution in [0.15, 0.2) is 42.9 Å². The lowest BCUT2D eigenvalue weighted by molar-refractivity contribution is 0.0537. The topological polar surface area (TPSA) is 107 Å². The lowest BCUT2D eigenvalue weighted by atomic mass is 10.0. The van der Waals surface area contributed by atoms with Gasteiger partial charge in [-0.2, -0.15) is 0 Å². The zero-order valence-electron chi connectivity index (χ0n) is 17.3. The van der Waals surface area contributed by atoms with Gasteiger partial charge in [0.05, 0.1) is 21.3 Å². The van der Waals surface area contributed by atoms with Crippen LogP contribution in [0, 0.1) is 5.82 Å². The summed E-state index contributed by atoms with van der Waals surface area (Å²) in [7, 11) is 4.19. The molecule has 0 saturated heterocycles. The number of amides is 1. The minimum absolute atomic E-state index is 0.0139. The second kappa shape index (κ2) is 10.3. The Hall–Kier alpha value is -3.79. The van der Waals surface area contributed by atoms with Crippen molar-refractivity contribution in [2.24, 2.45) is 0 Å². The summed E-state index contributed by atoms with van der Waals surface area (Å²) in [6, 6.07) is 6.36. The first-order chi connectivity index (χ1) is 15.0. The van der Waals surface area contributed by atoms with Crippen LogP contribution in [-0.2, 0) is 17.7 Å². The molecular weight excluding hydrogens is 405 g/mol. The van der Waals surface area contributed by atoms with Crippen LogP contribution in [0.2, 0.25) is 0 Å². The maximum absolute atomic E-state index is 14.6. The Morgan fingerprint density at radius 2 is 1.84 bits per heavy atom. The number of aryl methyl sites for hydroxylation is 2. The van der Waals surface area contributed by atoms with E-state index in [4.69, 9.17) is 9.47 Å². The van der Waals surface area contributed by atoms with Gasteiger partial charge in [0.15, 0.2) is 11.6 Å². The van der Waals surface area contributed by atoms with Gasteiger partial charge in [-0.1, -0.05) is 0 Å². The summed E-state index contributed by atoms with van der Waals surface area (Å²) in [5, 5.41) is 3.04. The number of ether oxygens (including phenoxy) is 2. The number of hydrogen-bond acceptors (Lipinski definition) is 8. The predicted molar refractivity (Wildman–Crippen MR) is 111 cm³/mol. The number of hydroxylamine groups is 1. The highest BCUT2D eigenvalue weighted by atomic mass is 19.1. The van der Waals surface area contributed by atoms with E-state index in [1.54, 1.807) is 30.7 Å². The van der Waals surface area contributed by atoms with Crippen molar-refractivity contribution < 1.29 is 23.5 Å². The Morgan fingerprint density at radius 1 is 1.06 bits per heavy atom. The fourth-order valence-electron chi connectivity index (χ4n) is 2.87. The smallest absolute Gasteiger partial charge is 0.274 e. The molecule has 0 saturated carbocycles. The van der Waals surface area contributed by atoms with Crippen molar-refractivity contribution in [3.05, 3.63) is 65.4 Å². The number of methoxy groups -OCH3 is 2. The summed E-state index contributed by atoms with van der Waals surface area (Å²) < 4.78 is 24.9. The number of hydrogen-bond donors (Lipinski definition) is 2. The lowest BCUT2D eigenvalue weighted by Crippen LogP contribution is -2.22. The van der Waals surface area contributed by atoms with Crippen molar-refractivity contribution in [1.82, 2.24) is 20.4 Å². The number of benzene rings is 1. The van der Waals surface area contributed by atoms with E-state index in [2.05, 4.69) is 30.6 Å². The SMILES string of the molecule is CONC(=O)c1cc(CCc2cnc(Nc3cccnc3OC)nc2)c(F)c(OC)c1. The van der Waals surface area contributed by atoms with Crippen molar-refractivity contribution in [1.29, 1.82) is 0 Å². The van der Waals surface area contributed by atoms with Crippen LogP contribution in [0.3, 0.4) is 0 Å². The Labute approximate surface area is 178 Å². The van der Waals surface area contributed by atoms with Gasteiger partial charge < -0.3 is 14.8 Å². The van der Waals surface area contributed by atoms with Gasteiger partial charge in [0.1, 0.15) is 5.69 Å². The summed E-state index contributed by atoms with van der Waals surface area (Å²) in [5.74, 6) is -0.218. The second-order valence-corrected chi connectivity index (χ2v) is 6.39. The molecule has 9 nitrogen and oxygen atoms in total. The molecule has 0 spiro atoms. The minimum Gasteiger partial charge on any atom is -0.494 e. The Kier molecular flexibility index (Phi) is 7.28. The van der Waals surface area contributed by atoms with Crippen LogP contribution in [-0.4, -0.2) is 42.2 Å². The summed E-state index contributed by atoms with van der Waals surface area (Å²) >= 11 is 0. The molecule has 162 valence electrons. The fourth-order valence-corrected chi connectivity index (χ4v) is 2.87. The van der Waals surface area contributed by atoms with Crippen LogP contribution in [0.5, 0.6) is 11.6 Å². The van der Waals surface area contributed by atoms with Crippen molar-refractivity contribution in [2.75, 3.05) is 26.6 Å². The molecule has 1 amide bonds. The zero-order chi connectivity index (χ0) is 22.2. The maximum Gasteiger partial charge on any atom is 0.274 e. The summed E-state index contributed by atoms with van der Waals surface area (Å²) in [6.45, 7) is 0. The van der Waals surface area contributed by atoms with E-state index < -0.39 is 11.7 Å². The average Bonchev–Trinajstić information content (AvgIpc) is 2.80. The van der Waals surface area contributed by atoms with E-state index in [-0.39, 0.29) is 11.3 Å². The molecule has 2 N–H and O–H groups in total. The first kappa shape index (κ1) is 21.9. The van der Waals surface area contributed by atoms with Gasteiger partial charge in [-0.05, 0) is 48.2 Å². The fraction of sp³-hybridized carbons (Fsp3) is 0.238. The van der Waals surface area contributed by atoms with Crippen molar-refractivity contribution >= 4 is 17.5 Å². The van der Waals surface area contributed by atoms with Gasteiger partial charge >= 0.3 is 0 Å². The molecule has 0 bridgehead atoms. The van der Waals surface area contributed by atoms with Gasteiger partial charge in [-0.15, -0.1) is 0 Å². The van der Waals surface area contributed by atoms with Gasteiger partial charge in [0, 0.05) is 24.2 Å². The molecule has 0 aliphatic heterocycles. The maximum atomic E-state index is 14.6. The quantitative estimate of drug-likeness (QED) is 0.502. The summed E-state index contributed by atoms with van der Waals surface area (Å²) in [5.41, 5.74) is 4.22. The molecule has 2 aromatic heterocycles. The molecule has 0 aliphatic rings. The van der Waals surface area contributed by atoms with E-state index in [1.165, 1.54) is 33.5 Å². The highest BCUT2D eigenvalue weighted by molar-refractivity contribution is 5.94. The van der Waals surface area contributed by atoms with E-state index in [9.17, 15) is 9.18 Å². The first-order valence-electron chi connectivity index (χ1n) is 9.32. The van der Waals surface area contributed by atoms with Gasteiger partial charge in [-0.3, -0.25) is 9.63 Å². The lowest BCUT2D eigenvalue weighted by Gasteiger charge is -2.11. The number of carbonyl (C=O) groups is 1. The highest BCUT2D eigenvalue weighted by Crippen LogP contribution is 2.25. The van der Waals surface area contributed by atoms with E-state index in [0.29, 0.717) is 35.9 Å². The molecule has 0 unspecified atom stereocenters. The number of rotatable bonds is 9. The van der Waals surface area contributed by atoms with Crippen LogP contribution >= 0.6 is 0 Å². The van der Waals surface area contributed by atoms with E-state index in [1.807, 2.05) is 0 Å². The molecule has 0 aliphatic carbocycles. The third kappa shape index (κ3) is 5.43. The molecule has 0 atom stereocenters. The third-order valence-corrected chi connectivity index (χ3v) is 4.39. The van der Waals surface area contributed by atoms with Crippen LogP contribution in [0.25, 0.3) is 0 Å². The molecule has 10 heteroatoms. The van der Waals surface area contributed by atoms with Gasteiger partial charge in [0.2, 0.25) is 11.8 Å². The molecule has 1 aromatic carbocycles. The molecule has 0 fully saturated rings. The number of carbonyl (C=O) groups excluding carboxylic acids is 1. The van der Waals surface area contributed by atoms with Crippen LogP contribution < -0.4 is 20.3 Å². The van der Waals surface area contributed by atoms with Crippen molar-refractivity contribution in [2.45, 2.75) is 12.8 Å². The molecule has 3 rings (SSSR count). The van der Waals surface area contributed by atoms with E-state index >= 15 is 0 Å². The van der Waals surface area contributed by atoms with Crippen LogP contribution in [0.1, 0.15) is 21.5 Å². The van der Waals surface area contributed by atoms with Crippen molar-refractivity contribution in [3.63, 3.8) is 0 Å². The zero-order valence-corrected chi connectivity index (χ0v) is 17.3. The van der Waals surface area contributed by atoms with Gasteiger partial charge in [-0.25, -0.2) is 24.8 Å². The Bertz CT molecular complexity index is 1050. The first-order valence-corrected chi connectivity index (χ1v) is 9.32. The Morgan fingerprint density at radius 3 is 2.52 bits per heavy atom. The number of nitrogens with zero attached hydrogens (tertiary/aromatic N) is 3. The Balaban J connectivity index is 1.71. The number of aromatic nitrogens is 3. The van der Waals surface area contributed by atoms with Crippen molar-refractivity contribution in [3.8, 4) is 11.6 Å². The largest absolute Gasteiger partial charge is 0.494 e. The number of anilines is 2. The molecule has 0 radical (unpaired) electrons. The van der Waals surface area contributed by atoms with E-state index in [0.717, 1.165) is 5.56 Å². The predicted octanol–water partition coefficient (Wildman–Crippen LogP) is 2.85. The highest BCUT2D eigenvalue weighted by Gasteiger charge is 2.16. The summed E-state index contributed by atoms with van der Waals surface area (Å²) in [4.78, 5) is 29.3. The third-order valence-electron chi connectivity index (χ3n) is 4.39. The average molecular weight is 427 g/mol. The van der Waals surface area contributed by atoms with Crippen LogP contribution in [0.4, 0.5) is 16.0 Å². The van der Waals surface area contributed by atoms with Gasteiger partial charge in [0.25, 0.3) is 5.91 Å². The second-order valence-electron chi connectivity index (χ2n) is 6.39. The molecule has 2 heterocycles. The summed E-state index contributed by atoms with van der Waals surface area (Å²) in [6.07, 6.45) is 5.70. The normalized spacial score (nSPS) is 10.5. The monoisotopic (exact) mass is 427 g/mol. The number of halogens is 1. The molecule has 3 aromatic rings.